The first kappa shape index (κ1) is 17.8. The summed E-state index contributed by atoms with van der Waals surface area (Å²) in [5, 5.41) is 5.41. The van der Waals surface area contributed by atoms with Crippen LogP contribution in [0.15, 0.2) is 18.2 Å². The van der Waals surface area contributed by atoms with Gasteiger partial charge in [-0.1, -0.05) is 13.0 Å². The number of hydrogen-bond donors (Lipinski definition) is 2. The molecule has 1 aromatic rings. The van der Waals surface area contributed by atoms with Gasteiger partial charge in [-0.2, -0.15) is 0 Å². The zero-order valence-corrected chi connectivity index (χ0v) is 13.6. The fraction of sp³-hybridized carbons (Fsp3) is 0.500. The summed E-state index contributed by atoms with van der Waals surface area (Å²) in [6.07, 6.45) is 0.350. The summed E-state index contributed by atoms with van der Waals surface area (Å²) in [5.41, 5.74) is 0.959. The van der Waals surface area contributed by atoms with Gasteiger partial charge in [0.05, 0.1) is 14.2 Å². The largest absolute Gasteiger partial charge is 0.497 e. The molecule has 0 spiro atoms. The van der Waals surface area contributed by atoms with E-state index in [0.717, 1.165) is 5.56 Å². The molecule has 2 amide bonds. The van der Waals surface area contributed by atoms with Crippen LogP contribution in [0.1, 0.15) is 31.7 Å². The molecule has 0 radical (unpaired) electrons. The maximum absolute atomic E-state index is 11.9. The lowest BCUT2D eigenvalue weighted by Crippen LogP contribution is -2.34. The van der Waals surface area contributed by atoms with Gasteiger partial charge in [0.2, 0.25) is 11.8 Å². The van der Waals surface area contributed by atoms with Crippen LogP contribution in [-0.4, -0.2) is 39.1 Å². The fourth-order valence-corrected chi connectivity index (χ4v) is 2.13. The molecule has 1 aromatic carbocycles. The summed E-state index contributed by atoms with van der Waals surface area (Å²) in [5.74, 6) is 1.27. The molecule has 1 rings (SSSR count). The van der Waals surface area contributed by atoms with Crippen molar-refractivity contribution < 1.29 is 19.1 Å². The van der Waals surface area contributed by atoms with E-state index in [9.17, 15) is 9.59 Å². The second kappa shape index (κ2) is 8.92. The molecule has 22 heavy (non-hydrogen) atoms. The quantitative estimate of drug-likeness (QED) is 0.713. The first-order chi connectivity index (χ1) is 10.5. The van der Waals surface area contributed by atoms with Gasteiger partial charge < -0.3 is 20.1 Å². The topological polar surface area (TPSA) is 76.7 Å². The summed E-state index contributed by atoms with van der Waals surface area (Å²) >= 11 is 0. The van der Waals surface area contributed by atoms with Gasteiger partial charge in [0, 0.05) is 32.5 Å². The van der Waals surface area contributed by atoms with Crippen LogP contribution in [0.25, 0.3) is 0 Å². The zero-order chi connectivity index (χ0) is 16.5. The molecule has 1 unspecified atom stereocenters. The molecule has 0 fully saturated rings. The van der Waals surface area contributed by atoms with E-state index < -0.39 is 0 Å². The molecule has 0 aromatic heterocycles. The average Bonchev–Trinajstić information content (AvgIpc) is 2.50. The van der Waals surface area contributed by atoms with Gasteiger partial charge in [-0.05, 0) is 17.5 Å². The highest BCUT2D eigenvalue weighted by atomic mass is 16.5. The van der Waals surface area contributed by atoms with Crippen molar-refractivity contribution in [3.8, 4) is 11.5 Å². The first-order valence-electron chi connectivity index (χ1n) is 7.21. The van der Waals surface area contributed by atoms with Gasteiger partial charge in [0.15, 0.2) is 0 Å². The minimum Gasteiger partial charge on any atom is -0.497 e. The van der Waals surface area contributed by atoms with Gasteiger partial charge in [0.1, 0.15) is 11.5 Å². The van der Waals surface area contributed by atoms with E-state index >= 15 is 0 Å². The van der Waals surface area contributed by atoms with Crippen LogP contribution >= 0.6 is 0 Å². The SMILES string of the molecule is COc1ccc(C(C)CC(=O)NCCNC(C)=O)c(OC)c1. The van der Waals surface area contributed by atoms with Crippen molar-refractivity contribution in [1.29, 1.82) is 0 Å². The summed E-state index contributed by atoms with van der Waals surface area (Å²) in [6.45, 7) is 4.27. The number of amides is 2. The van der Waals surface area contributed by atoms with Gasteiger partial charge in [-0.15, -0.1) is 0 Å². The molecular formula is C16H24N2O4. The van der Waals surface area contributed by atoms with Gasteiger partial charge in [-0.25, -0.2) is 0 Å². The zero-order valence-electron chi connectivity index (χ0n) is 13.6. The Morgan fingerprint density at radius 3 is 2.41 bits per heavy atom. The molecule has 0 aliphatic carbocycles. The number of ether oxygens (including phenoxy) is 2. The molecule has 122 valence electrons. The molecule has 1 atom stereocenters. The van der Waals surface area contributed by atoms with E-state index in [2.05, 4.69) is 10.6 Å². The molecule has 6 nitrogen and oxygen atoms in total. The maximum Gasteiger partial charge on any atom is 0.220 e. The lowest BCUT2D eigenvalue weighted by Gasteiger charge is -2.16. The van der Waals surface area contributed by atoms with Crippen LogP contribution in [0.5, 0.6) is 11.5 Å². The van der Waals surface area contributed by atoms with Crippen LogP contribution in [0.2, 0.25) is 0 Å². The third kappa shape index (κ3) is 5.63. The van der Waals surface area contributed by atoms with Gasteiger partial charge in [-0.3, -0.25) is 9.59 Å². The fourth-order valence-electron chi connectivity index (χ4n) is 2.13. The van der Waals surface area contributed by atoms with Crippen LogP contribution < -0.4 is 20.1 Å². The summed E-state index contributed by atoms with van der Waals surface area (Å²) in [6, 6.07) is 5.57. The molecule has 0 aliphatic rings. The van der Waals surface area contributed by atoms with Crippen molar-refractivity contribution in [3.05, 3.63) is 23.8 Å². The van der Waals surface area contributed by atoms with E-state index in [-0.39, 0.29) is 17.7 Å². The Morgan fingerprint density at radius 2 is 1.82 bits per heavy atom. The standard InChI is InChI=1S/C16H24N2O4/c1-11(9-16(20)18-8-7-17-12(2)19)14-6-5-13(21-3)10-15(14)22-4/h5-6,10-11H,7-9H2,1-4H3,(H,17,19)(H,18,20). The monoisotopic (exact) mass is 308 g/mol. The number of carbonyl (C=O) groups is 2. The molecule has 0 saturated heterocycles. The van der Waals surface area contributed by atoms with Gasteiger partial charge >= 0.3 is 0 Å². The predicted octanol–water partition coefficient (Wildman–Crippen LogP) is 1.45. The number of benzene rings is 1. The Balaban J connectivity index is 2.55. The smallest absolute Gasteiger partial charge is 0.220 e. The minimum absolute atomic E-state index is 0.0154. The van der Waals surface area contributed by atoms with Crippen molar-refractivity contribution in [1.82, 2.24) is 10.6 Å². The lowest BCUT2D eigenvalue weighted by molar-refractivity contribution is -0.122. The first-order valence-corrected chi connectivity index (χ1v) is 7.21. The van der Waals surface area contributed by atoms with Gasteiger partial charge in [0.25, 0.3) is 0 Å². The highest BCUT2D eigenvalue weighted by molar-refractivity contribution is 5.77. The molecule has 0 heterocycles. The Bertz CT molecular complexity index is 517. The summed E-state index contributed by atoms with van der Waals surface area (Å²) in [4.78, 5) is 22.6. The van der Waals surface area contributed by atoms with E-state index in [1.807, 2.05) is 19.1 Å². The number of carbonyl (C=O) groups excluding carboxylic acids is 2. The van der Waals surface area contributed by atoms with Crippen LogP contribution in [0.4, 0.5) is 0 Å². The highest BCUT2D eigenvalue weighted by Crippen LogP contribution is 2.31. The Morgan fingerprint density at radius 1 is 1.14 bits per heavy atom. The molecular weight excluding hydrogens is 284 g/mol. The normalized spacial score (nSPS) is 11.5. The maximum atomic E-state index is 11.9. The third-order valence-corrected chi connectivity index (χ3v) is 3.28. The minimum atomic E-state index is -0.106. The summed E-state index contributed by atoms with van der Waals surface area (Å²) in [7, 11) is 3.19. The van der Waals surface area contributed by atoms with E-state index in [1.165, 1.54) is 6.92 Å². The van der Waals surface area contributed by atoms with Crippen molar-refractivity contribution in [2.75, 3.05) is 27.3 Å². The molecule has 2 N–H and O–H groups in total. The lowest BCUT2D eigenvalue weighted by atomic mass is 9.96. The van der Waals surface area contributed by atoms with E-state index in [4.69, 9.17) is 9.47 Å². The molecule has 0 bridgehead atoms. The van der Waals surface area contributed by atoms with Crippen LogP contribution in [0.3, 0.4) is 0 Å². The van der Waals surface area contributed by atoms with E-state index in [1.54, 1.807) is 20.3 Å². The third-order valence-electron chi connectivity index (χ3n) is 3.28. The predicted molar refractivity (Wildman–Crippen MR) is 84.3 cm³/mol. The summed E-state index contributed by atoms with van der Waals surface area (Å²) < 4.78 is 10.5. The highest BCUT2D eigenvalue weighted by Gasteiger charge is 2.16. The number of methoxy groups -OCH3 is 2. The van der Waals surface area contributed by atoms with Crippen molar-refractivity contribution in [2.45, 2.75) is 26.2 Å². The average molecular weight is 308 g/mol. The Kier molecular flexibility index (Phi) is 7.22. The van der Waals surface area contributed by atoms with Crippen molar-refractivity contribution >= 4 is 11.8 Å². The second-order valence-electron chi connectivity index (χ2n) is 5.05. The number of nitrogens with one attached hydrogen (secondary N) is 2. The Labute approximate surface area is 131 Å². The van der Waals surface area contributed by atoms with Crippen LogP contribution in [-0.2, 0) is 9.59 Å². The van der Waals surface area contributed by atoms with Crippen molar-refractivity contribution in [3.63, 3.8) is 0 Å². The van der Waals surface area contributed by atoms with E-state index in [0.29, 0.717) is 31.0 Å². The second-order valence-corrected chi connectivity index (χ2v) is 5.05. The molecule has 0 aliphatic heterocycles. The van der Waals surface area contributed by atoms with Crippen LogP contribution in [0, 0.1) is 0 Å². The van der Waals surface area contributed by atoms with Crippen molar-refractivity contribution in [2.24, 2.45) is 0 Å². The number of hydrogen-bond acceptors (Lipinski definition) is 4. The molecule has 6 heteroatoms. The number of rotatable bonds is 8. The Hall–Kier alpha value is -2.24. The molecule has 0 saturated carbocycles.